The Morgan fingerprint density at radius 3 is 2.22 bits per heavy atom. The van der Waals surface area contributed by atoms with E-state index >= 15 is 0 Å². The van der Waals surface area contributed by atoms with Crippen LogP contribution in [0, 0.1) is 20.8 Å². The van der Waals surface area contributed by atoms with Gasteiger partial charge in [0.15, 0.2) is 0 Å². The molecule has 0 heterocycles. The molecule has 3 nitrogen and oxygen atoms in total. The quantitative estimate of drug-likeness (QED) is 0.712. The van der Waals surface area contributed by atoms with Crippen molar-refractivity contribution in [2.45, 2.75) is 40.7 Å². The number of nitrogens with one attached hydrogen (secondary N) is 2. The van der Waals surface area contributed by atoms with Gasteiger partial charge < -0.3 is 15.4 Å². The van der Waals surface area contributed by atoms with Crippen LogP contribution >= 0.6 is 0 Å². The molecule has 0 aromatic heterocycles. The zero-order chi connectivity index (χ0) is 16.8. The highest BCUT2D eigenvalue weighted by molar-refractivity contribution is 5.58. The fourth-order valence-corrected chi connectivity index (χ4v) is 2.80. The Morgan fingerprint density at radius 1 is 0.913 bits per heavy atom. The van der Waals surface area contributed by atoms with Crippen molar-refractivity contribution < 1.29 is 4.74 Å². The normalized spacial score (nSPS) is 10.7. The Morgan fingerprint density at radius 2 is 1.57 bits per heavy atom. The SMILES string of the molecule is Cc1cc(C)c(NCCNc2cccc(OC(C)C)c2)c(C)c1. The molecule has 124 valence electrons. The molecular formula is C20H28N2O. The summed E-state index contributed by atoms with van der Waals surface area (Å²) in [6, 6.07) is 12.5. The van der Waals surface area contributed by atoms with Gasteiger partial charge in [-0.05, 0) is 57.9 Å². The van der Waals surface area contributed by atoms with Crippen LogP contribution in [0.4, 0.5) is 11.4 Å². The van der Waals surface area contributed by atoms with E-state index in [1.807, 2.05) is 32.0 Å². The summed E-state index contributed by atoms with van der Waals surface area (Å²) in [5.74, 6) is 0.906. The highest BCUT2D eigenvalue weighted by Gasteiger charge is 2.03. The lowest BCUT2D eigenvalue weighted by Gasteiger charge is -2.15. The molecule has 0 saturated carbocycles. The third kappa shape index (κ3) is 5.20. The second kappa shape index (κ2) is 7.91. The average Bonchev–Trinajstić information content (AvgIpc) is 2.45. The molecule has 2 rings (SSSR count). The highest BCUT2D eigenvalue weighted by Crippen LogP contribution is 2.22. The molecule has 23 heavy (non-hydrogen) atoms. The van der Waals surface area contributed by atoms with E-state index in [9.17, 15) is 0 Å². The predicted octanol–water partition coefficient (Wildman–Crippen LogP) is 4.92. The molecular weight excluding hydrogens is 284 g/mol. The van der Waals surface area contributed by atoms with Gasteiger partial charge in [-0.3, -0.25) is 0 Å². The smallest absolute Gasteiger partial charge is 0.121 e. The number of hydrogen-bond donors (Lipinski definition) is 2. The Balaban J connectivity index is 1.86. The maximum absolute atomic E-state index is 5.72. The maximum atomic E-state index is 5.72. The van der Waals surface area contributed by atoms with Gasteiger partial charge in [-0.25, -0.2) is 0 Å². The molecule has 3 heteroatoms. The van der Waals surface area contributed by atoms with Crippen molar-refractivity contribution in [2.24, 2.45) is 0 Å². The summed E-state index contributed by atoms with van der Waals surface area (Å²) in [4.78, 5) is 0. The number of rotatable bonds is 7. The Hall–Kier alpha value is -2.16. The Labute approximate surface area is 140 Å². The first-order valence-corrected chi connectivity index (χ1v) is 8.28. The second-order valence-corrected chi connectivity index (χ2v) is 6.32. The Bertz CT molecular complexity index is 627. The summed E-state index contributed by atoms with van der Waals surface area (Å²) < 4.78 is 5.72. The largest absolute Gasteiger partial charge is 0.491 e. The molecule has 0 spiro atoms. The van der Waals surface area contributed by atoms with Crippen LogP contribution in [0.3, 0.4) is 0 Å². The molecule has 0 aliphatic heterocycles. The molecule has 2 aromatic carbocycles. The zero-order valence-electron chi connectivity index (χ0n) is 14.9. The van der Waals surface area contributed by atoms with Gasteiger partial charge in [0.2, 0.25) is 0 Å². The summed E-state index contributed by atoms with van der Waals surface area (Å²) in [7, 11) is 0. The Kier molecular flexibility index (Phi) is 5.91. The fourth-order valence-electron chi connectivity index (χ4n) is 2.80. The van der Waals surface area contributed by atoms with E-state index in [2.05, 4.69) is 49.6 Å². The van der Waals surface area contributed by atoms with Crippen molar-refractivity contribution in [3.8, 4) is 5.75 Å². The van der Waals surface area contributed by atoms with Crippen LogP contribution in [-0.4, -0.2) is 19.2 Å². The van der Waals surface area contributed by atoms with Crippen molar-refractivity contribution in [2.75, 3.05) is 23.7 Å². The summed E-state index contributed by atoms with van der Waals surface area (Å²) in [6.07, 6.45) is 0.194. The zero-order valence-corrected chi connectivity index (χ0v) is 14.9. The van der Waals surface area contributed by atoms with E-state index < -0.39 is 0 Å². The second-order valence-electron chi connectivity index (χ2n) is 6.32. The molecule has 2 N–H and O–H groups in total. The van der Waals surface area contributed by atoms with Crippen molar-refractivity contribution in [3.05, 3.63) is 53.1 Å². The van der Waals surface area contributed by atoms with Crippen LogP contribution in [0.5, 0.6) is 5.75 Å². The van der Waals surface area contributed by atoms with Crippen LogP contribution in [0.25, 0.3) is 0 Å². The molecule has 0 aliphatic carbocycles. The van der Waals surface area contributed by atoms with Gasteiger partial charge in [0.05, 0.1) is 6.10 Å². The molecule has 0 atom stereocenters. The number of benzene rings is 2. The molecule has 0 radical (unpaired) electrons. The molecule has 0 saturated heterocycles. The maximum Gasteiger partial charge on any atom is 0.121 e. The van der Waals surface area contributed by atoms with Gasteiger partial charge in [-0.1, -0.05) is 23.8 Å². The van der Waals surface area contributed by atoms with Gasteiger partial charge in [0.25, 0.3) is 0 Å². The van der Waals surface area contributed by atoms with Crippen molar-refractivity contribution in [1.82, 2.24) is 0 Å². The molecule has 0 bridgehead atoms. The standard InChI is InChI=1S/C20H28N2O/c1-14(2)23-19-8-6-7-18(13-19)21-9-10-22-20-16(4)11-15(3)12-17(20)5/h6-8,11-14,21-22H,9-10H2,1-5H3. The minimum absolute atomic E-state index is 0.194. The summed E-state index contributed by atoms with van der Waals surface area (Å²) in [6.45, 7) is 12.3. The monoisotopic (exact) mass is 312 g/mol. The van der Waals surface area contributed by atoms with Crippen LogP contribution in [-0.2, 0) is 0 Å². The van der Waals surface area contributed by atoms with Crippen molar-refractivity contribution in [3.63, 3.8) is 0 Å². The molecule has 0 amide bonds. The third-order valence-corrected chi connectivity index (χ3v) is 3.64. The van der Waals surface area contributed by atoms with Crippen molar-refractivity contribution in [1.29, 1.82) is 0 Å². The first-order valence-electron chi connectivity index (χ1n) is 8.28. The van der Waals surface area contributed by atoms with E-state index in [-0.39, 0.29) is 6.10 Å². The number of hydrogen-bond acceptors (Lipinski definition) is 3. The lowest BCUT2D eigenvalue weighted by Crippen LogP contribution is -2.15. The number of aryl methyl sites for hydroxylation is 3. The summed E-state index contributed by atoms with van der Waals surface area (Å²) in [5, 5.41) is 6.97. The van der Waals surface area contributed by atoms with Gasteiger partial charge >= 0.3 is 0 Å². The third-order valence-electron chi connectivity index (χ3n) is 3.64. The summed E-state index contributed by atoms with van der Waals surface area (Å²) >= 11 is 0. The van der Waals surface area contributed by atoms with E-state index in [0.29, 0.717) is 0 Å². The lowest BCUT2D eigenvalue weighted by molar-refractivity contribution is 0.242. The van der Waals surface area contributed by atoms with Crippen molar-refractivity contribution >= 4 is 11.4 Å². The van der Waals surface area contributed by atoms with Gasteiger partial charge in [-0.2, -0.15) is 0 Å². The van der Waals surface area contributed by atoms with Gasteiger partial charge in [-0.15, -0.1) is 0 Å². The number of ether oxygens (including phenoxy) is 1. The van der Waals surface area contributed by atoms with Gasteiger partial charge in [0, 0.05) is 30.5 Å². The molecule has 0 fully saturated rings. The van der Waals surface area contributed by atoms with E-state index in [1.165, 1.54) is 22.4 Å². The summed E-state index contributed by atoms with van der Waals surface area (Å²) in [5.41, 5.74) is 6.24. The van der Waals surface area contributed by atoms with Crippen LogP contribution in [0.1, 0.15) is 30.5 Å². The van der Waals surface area contributed by atoms with E-state index in [4.69, 9.17) is 4.74 Å². The average molecular weight is 312 g/mol. The van der Waals surface area contributed by atoms with Crippen LogP contribution in [0.15, 0.2) is 36.4 Å². The fraction of sp³-hybridized carbons (Fsp3) is 0.400. The first kappa shape index (κ1) is 17.2. The molecule has 0 aliphatic rings. The highest BCUT2D eigenvalue weighted by atomic mass is 16.5. The molecule has 0 unspecified atom stereocenters. The minimum atomic E-state index is 0.194. The van der Waals surface area contributed by atoms with E-state index in [1.54, 1.807) is 0 Å². The van der Waals surface area contributed by atoms with Gasteiger partial charge in [0.1, 0.15) is 5.75 Å². The van der Waals surface area contributed by atoms with E-state index in [0.717, 1.165) is 24.5 Å². The molecule has 2 aromatic rings. The van der Waals surface area contributed by atoms with Crippen LogP contribution in [0.2, 0.25) is 0 Å². The number of anilines is 2. The predicted molar refractivity (Wildman–Crippen MR) is 99.8 cm³/mol. The first-order chi connectivity index (χ1) is 11.0. The lowest BCUT2D eigenvalue weighted by atomic mass is 10.1. The topological polar surface area (TPSA) is 33.3 Å². The minimum Gasteiger partial charge on any atom is -0.491 e. The van der Waals surface area contributed by atoms with Crippen LogP contribution < -0.4 is 15.4 Å².